The molecule has 1 atom stereocenters. The van der Waals surface area contributed by atoms with Crippen molar-refractivity contribution >= 4 is 17.7 Å². The number of non-ortho nitro benzene ring substituents is 1. The molecule has 1 aromatic heterocycles. The van der Waals surface area contributed by atoms with Crippen molar-refractivity contribution in [2.45, 2.75) is 39.7 Å². The van der Waals surface area contributed by atoms with Gasteiger partial charge in [-0.15, -0.1) is 0 Å². The second-order valence-corrected chi connectivity index (χ2v) is 7.40. The van der Waals surface area contributed by atoms with Crippen LogP contribution in [0.1, 0.15) is 35.4 Å². The maximum Gasteiger partial charge on any atom is 0.269 e. The van der Waals surface area contributed by atoms with Gasteiger partial charge in [0.15, 0.2) is 0 Å². The number of nitrogens with one attached hydrogen (secondary N) is 1. The zero-order valence-electron chi connectivity index (χ0n) is 17.3. The first-order valence-corrected chi connectivity index (χ1v) is 9.77. The third kappa shape index (κ3) is 4.42. The normalized spacial score (nSPS) is 16.3. The minimum Gasteiger partial charge on any atom is -0.376 e. The molecule has 0 radical (unpaired) electrons. The van der Waals surface area contributed by atoms with Crippen LogP contribution in [0.5, 0.6) is 0 Å². The van der Waals surface area contributed by atoms with E-state index >= 15 is 0 Å². The van der Waals surface area contributed by atoms with Crippen LogP contribution in [0.15, 0.2) is 29.8 Å². The van der Waals surface area contributed by atoms with E-state index in [0.29, 0.717) is 13.2 Å². The van der Waals surface area contributed by atoms with Crippen LogP contribution in [0.4, 0.5) is 5.69 Å². The molecular formula is C22H24N4O4. The zero-order valence-corrected chi connectivity index (χ0v) is 17.3. The summed E-state index contributed by atoms with van der Waals surface area (Å²) >= 11 is 0. The number of rotatable bonds is 6. The summed E-state index contributed by atoms with van der Waals surface area (Å²) in [6.07, 6.45) is 3.46. The first kappa shape index (κ1) is 21.3. The van der Waals surface area contributed by atoms with Crippen LogP contribution in [0.25, 0.3) is 11.8 Å². The standard InChI is InChI=1S/C22H24N4O4/c1-14-9-19(26(28)29)6-7-21(14)25-15(2)10-17(16(25)3)11-18(12-23)22(27)24-13-20-5-4-8-30-20/h6-7,9-11,20H,4-5,8,13H2,1-3H3,(H,24,27)/b18-11+/t20-/m0/s1. The Balaban J connectivity index is 1.87. The Morgan fingerprint density at radius 3 is 2.77 bits per heavy atom. The van der Waals surface area contributed by atoms with Gasteiger partial charge in [0.1, 0.15) is 11.6 Å². The highest BCUT2D eigenvalue weighted by Crippen LogP contribution is 2.27. The lowest BCUT2D eigenvalue weighted by molar-refractivity contribution is -0.384. The number of hydrogen-bond donors (Lipinski definition) is 1. The third-order valence-electron chi connectivity index (χ3n) is 5.28. The lowest BCUT2D eigenvalue weighted by Crippen LogP contribution is -2.32. The summed E-state index contributed by atoms with van der Waals surface area (Å²) in [7, 11) is 0. The highest BCUT2D eigenvalue weighted by atomic mass is 16.6. The van der Waals surface area contributed by atoms with Gasteiger partial charge in [-0.3, -0.25) is 14.9 Å². The van der Waals surface area contributed by atoms with E-state index in [1.807, 2.05) is 37.5 Å². The lowest BCUT2D eigenvalue weighted by atomic mass is 10.1. The van der Waals surface area contributed by atoms with Gasteiger partial charge >= 0.3 is 0 Å². The van der Waals surface area contributed by atoms with Gasteiger partial charge in [-0.05, 0) is 62.9 Å². The predicted octanol–water partition coefficient (Wildman–Crippen LogP) is 3.51. The number of carbonyl (C=O) groups is 1. The molecule has 1 saturated heterocycles. The second kappa shape index (κ2) is 8.93. The molecule has 0 saturated carbocycles. The smallest absolute Gasteiger partial charge is 0.269 e. The molecule has 1 aliphatic heterocycles. The number of carbonyl (C=O) groups excluding carboxylic acids is 1. The molecule has 0 unspecified atom stereocenters. The quantitative estimate of drug-likeness (QED) is 0.340. The fraction of sp³-hybridized carbons (Fsp3) is 0.364. The van der Waals surface area contributed by atoms with Crippen molar-refractivity contribution in [3.63, 3.8) is 0 Å². The largest absolute Gasteiger partial charge is 0.376 e. The lowest BCUT2D eigenvalue weighted by Gasteiger charge is -2.13. The van der Waals surface area contributed by atoms with Gasteiger partial charge in [0.05, 0.1) is 11.0 Å². The van der Waals surface area contributed by atoms with Crippen molar-refractivity contribution in [3.05, 3.63) is 62.5 Å². The van der Waals surface area contributed by atoms with Crippen molar-refractivity contribution in [1.82, 2.24) is 9.88 Å². The molecule has 8 nitrogen and oxygen atoms in total. The molecule has 2 heterocycles. The van der Waals surface area contributed by atoms with Crippen LogP contribution < -0.4 is 5.32 Å². The van der Waals surface area contributed by atoms with E-state index in [1.54, 1.807) is 12.1 Å². The average molecular weight is 408 g/mol. The van der Waals surface area contributed by atoms with Gasteiger partial charge in [0.25, 0.3) is 11.6 Å². The van der Waals surface area contributed by atoms with Crippen molar-refractivity contribution in [1.29, 1.82) is 5.26 Å². The van der Waals surface area contributed by atoms with Gasteiger partial charge < -0.3 is 14.6 Å². The van der Waals surface area contributed by atoms with Gasteiger partial charge in [-0.2, -0.15) is 5.26 Å². The SMILES string of the molecule is Cc1cc([N+](=O)[O-])ccc1-n1c(C)cc(/C=C(\C#N)C(=O)NC[C@@H]2CCCO2)c1C. The number of aryl methyl sites for hydroxylation is 2. The van der Waals surface area contributed by atoms with E-state index in [9.17, 15) is 20.2 Å². The minimum atomic E-state index is -0.427. The first-order chi connectivity index (χ1) is 14.3. The Bertz CT molecular complexity index is 1060. The van der Waals surface area contributed by atoms with Crippen LogP contribution in [0.2, 0.25) is 0 Å². The van der Waals surface area contributed by atoms with Crippen molar-refractivity contribution in [3.8, 4) is 11.8 Å². The Hall–Kier alpha value is -3.44. The fourth-order valence-corrected chi connectivity index (χ4v) is 3.72. The van der Waals surface area contributed by atoms with Crippen LogP contribution in [0.3, 0.4) is 0 Å². The Labute approximate surface area is 174 Å². The molecule has 1 amide bonds. The van der Waals surface area contributed by atoms with Gasteiger partial charge in [0, 0.05) is 42.4 Å². The molecule has 2 aromatic rings. The molecule has 0 aliphatic carbocycles. The molecule has 3 rings (SSSR count). The second-order valence-electron chi connectivity index (χ2n) is 7.40. The number of amides is 1. The maximum atomic E-state index is 12.4. The number of nitro benzene ring substituents is 1. The first-order valence-electron chi connectivity index (χ1n) is 9.77. The summed E-state index contributed by atoms with van der Waals surface area (Å²) in [6, 6.07) is 8.57. The topological polar surface area (TPSA) is 110 Å². The summed E-state index contributed by atoms with van der Waals surface area (Å²) in [5.41, 5.74) is 4.11. The monoisotopic (exact) mass is 408 g/mol. The molecular weight excluding hydrogens is 384 g/mol. The molecule has 30 heavy (non-hydrogen) atoms. The van der Waals surface area contributed by atoms with Crippen LogP contribution >= 0.6 is 0 Å². The molecule has 1 N–H and O–H groups in total. The highest BCUT2D eigenvalue weighted by molar-refractivity contribution is 6.01. The fourth-order valence-electron chi connectivity index (χ4n) is 3.72. The summed E-state index contributed by atoms with van der Waals surface area (Å²) < 4.78 is 7.46. The molecule has 8 heteroatoms. The number of benzene rings is 1. The molecule has 1 fully saturated rings. The number of hydrogen-bond acceptors (Lipinski definition) is 5. The Morgan fingerprint density at radius 2 is 2.17 bits per heavy atom. The molecule has 1 aromatic carbocycles. The van der Waals surface area contributed by atoms with Crippen LogP contribution in [0, 0.1) is 42.2 Å². The number of nitro groups is 1. The number of aromatic nitrogens is 1. The van der Waals surface area contributed by atoms with E-state index < -0.39 is 10.8 Å². The molecule has 0 bridgehead atoms. The van der Waals surface area contributed by atoms with Gasteiger partial charge in [0.2, 0.25) is 0 Å². The summed E-state index contributed by atoms with van der Waals surface area (Å²) in [4.78, 5) is 23.0. The highest BCUT2D eigenvalue weighted by Gasteiger charge is 2.19. The molecule has 156 valence electrons. The van der Waals surface area contributed by atoms with E-state index in [4.69, 9.17) is 4.74 Å². The Kier molecular flexibility index (Phi) is 6.33. The summed E-state index contributed by atoms with van der Waals surface area (Å²) in [5, 5.41) is 23.3. The maximum absolute atomic E-state index is 12.4. The zero-order chi connectivity index (χ0) is 21.8. The van der Waals surface area contributed by atoms with E-state index in [-0.39, 0.29) is 17.4 Å². The van der Waals surface area contributed by atoms with E-state index in [0.717, 1.165) is 41.0 Å². The third-order valence-corrected chi connectivity index (χ3v) is 5.28. The summed E-state index contributed by atoms with van der Waals surface area (Å²) in [6.45, 7) is 6.71. The number of ether oxygens (including phenoxy) is 1. The van der Waals surface area contributed by atoms with Crippen molar-refractivity contribution < 1.29 is 14.5 Å². The Morgan fingerprint density at radius 1 is 1.40 bits per heavy atom. The predicted molar refractivity (Wildman–Crippen MR) is 112 cm³/mol. The number of nitriles is 1. The summed E-state index contributed by atoms with van der Waals surface area (Å²) in [5.74, 6) is -0.427. The van der Waals surface area contributed by atoms with Crippen LogP contribution in [-0.2, 0) is 9.53 Å². The van der Waals surface area contributed by atoms with Crippen molar-refractivity contribution in [2.24, 2.45) is 0 Å². The van der Waals surface area contributed by atoms with E-state index in [1.165, 1.54) is 12.1 Å². The van der Waals surface area contributed by atoms with E-state index in [2.05, 4.69) is 5.32 Å². The minimum absolute atomic E-state index is 0.00377. The average Bonchev–Trinajstić information content (AvgIpc) is 3.32. The molecule has 1 aliphatic rings. The van der Waals surface area contributed by atoms with Gasteiger partial charge in [-0.1, -0.05) is 0 Å². The molecule has 0 spiro atoms. The van der Waals surface area contributed by atoms with Crippen LogP contribution in [-0.4, -0.2) is 34.7 Å². The van der Waals surface area contributed by atoms with Crippen molar-refractivity contribution in [2.75, 3.05) is 13.2 Å². The van der Waals surface area contributed by atoms with Gasteiger partial charge in [-0.25, -0.2) is 0 Å². The number of nitrogens with zero attached hydrogens (tertiary/aromatic N) is 3.